The van der Waals surface area contributed by atoms with Gasteiger partial charge in [0.15, 0.2) is 0 Å². The number of fused-ring (bicyclic) bond motifs is 1. The Bertz CT molecular complexity index is 489. The van der Waals surface area contributed by atoms with Gasteiger partial charge in [-0.05, 0) is 25.3 Å². The molecule has 1 heterocycles. The van der Waals surface area contributed by atoms with Crippen LogP contribution in [0.5, 0.6) is 5.75 Å². The molecule has 0 bridgehead atoms. The van der Waals surface area contributed by atoms with Crippen molar-refractivity contribution in [2.45, 2.75) is 50.4 Å². The molecule has 1 aromatic rings. The Morgan fingerprint density at radius 1 is 1.10 bits per heavy atom. The van der Waals surface area contributed by atoms with E-state index in [0.29, 0.717) is 13.0 Å². The maximum absolute atomic E-state index is 12.9. The second-order valence-electron chi connectivity index (χ2n) is 6.00. The van der Waals surface area contributed by atoms with Crippen molar-refractivity contribution in [2.24, 2.45) is 5.92 Å². The van der Waals surface area contributed by atoms with Gasteiger partial charge in [-0.2, -0.15) is 13.2 Å². The number of nitrogens with one attached hydrogen (secondary N) is 1. The normalized spacial score (nSPS) is 29.6. The molecule has 2 nitrogen and oxygen atoms in total. The predicted molar refractivity (Wildman–Crippen MR) is 74.2 cm³/mol. The number of rotatable bonds is 2. The highest BCUT2D eigenvalue weighted by molar-refractivity contribution is 5.37. The molecular formula is C16H20F3NO. The summed E-state index contributed by atoms with van der Waals surface area (Å²) in [6, 6.07) is 7.83. The van der Waals surface area contributed by atoms with Gasteiger partial charge in [0, 0.05) is 24.1 Å². The number of hydrogen-bond acceptors (Lipinski definition) is 2. The van der Waals surface area contributed by atoms with E-state index in [4.69, 9.17) is 4.74 Å². The zero-order valence-electron chi connectivity index (χ0n) is 11.8. The second kappa shape index (κ2) is 5.87. The molecule has 1 aliphatic heterocycles. The molecule has 116 valence electrons. The van der Waals surface area contributed by atoms with E-state index >= 15 is 0 Å². The van der Waals surface area contributed by atoms with Crippen LogP contribution in [0.1, 0.15) is 43.7 Å². The van der Waals surface area contributed by atoms with Crippen LogP contribution in [0.15, 0.2) is 24.3 Å². The molecule has 1 N–H and O–H groups in total. The lowest BCUT2D eigenvalue weighted by atomic mass is 9.84. The summed E-state index contributed by atoms with van der Waals surface area (Å²) in [5.74, 6) is -0.303. The smallest absolute Gasteiger partial charge is 0.391 e. The summed E-state index contributed by atoms with van der Waals surface area (Å²) < 4.78 is 44.3. The first kappa shape index (κ1) is 14.7. The van der Waals surface area contributed by atoms with E-state index in [1.807, 2.05) is 24.3 Å². The highest BCUT2D eigenvalue weighted by Crippen LogP contribution is 2.39. The van der Waals surface area contributed by atoms with Crippen LogP contribution in [0.2, 0.25) is 0 Å². The molecule has 0 spiro atoms. The van der Waals surface area contributed by atoms with Gasteiger partial charge in [0.25, 0.3) is 0 Å². The number of hydrogen-bond donors (Lipinski definition) is 1. The van der Waals surface area contributed by atoms with Crippen molar-refractivity contribution in [2.75, 3.05) is 6.61 Å². The minimum Gasteiger partial charge on any atom is -0.493 e. The maximum Gasteiger partial charge on any atom is 0.391 e. The summed E-state index contributed by atoms with van der Waals surface area (Å²) in [6.45, 7) is 0.615. The molecule has 0 aromatic heterocycles. The average molecular weight is 299 g/mol. The SMILES string of the molecule is FC(F)(F)C1CCCC(NC2CCOc3ccccc32)C1. The first-order chi connectivity index (χ1) is 10.0. The standard InChI is InChI=1S/C16H20F3NO/c17-16(18,19)11-4-3-5-12(10-11)20-14-8-9-21-15-7-2-1-6-13(14)15/h1-2,6-7,11-12,14,20H,3-5,8-10H2. The molecule has 2 aliphatic rings. The van der Waals surface area contributed by atoms with Gasteiger partial charge in [-0.15, -0.1) is 0 Å². The van der Waals surface area contributed by atoms with E-state index in [1.165, 1.54) is 0 Å². The van der Waals surface area contributed by atoms with Gasteiger partial charge in [0.05, 0.1) is 12.5 Å². The van der Waals surface area contributed by atoms with Crippen LogP contribution in [0.4, 0.5) is 13.2 Å². The summed E-state index contributed by atoms with van der Waals surface area (Å²) in [7, 11) is 0. The van der Waals surface area contributed by atoms with Gasteiger partial charge in [0.1, 0.15) is 5.75 Å². The quantitative estimate of drug-likeness (QED) is 0.883. The van der Waals surface area contributed by atoms with Crippen LogP contribution in [-0.2, 0) is 0 Å². The fourth-order valence-corrected chi connectivity index (χ4v) is 3.44. The van der Waals surface area contributed by atoms with Gasteiger partial charge in [0.2, 0.25) is 0 Å². The Labute approximate surface area is 122 Å². The number of ether oxygens (including phenoxy) is 1. The third-order valence-corrected chi connectivity index (χ3v) is 4.53. The first-order valence-corrected chi connectivity index (χ1v) is 7.58. The van der Waals surface area contributed by atoms with Crippen molar-refractivity contribution in [3.05, 3.63) is 29.8 Å². The largest absolute Gasteiger partial charge is 0.493 e. The van der Waals surface area contributed by atoms with Crippen molar-refractivity contribution >= 4 is 0 Å². The van der Waals surface area contributed by atoms with E-state index < -0.39 is 12.1 Å². The monoisotopic (exact) mass is 299 g/mol. The summed E-state index contributed by atoms with van der Waals surface area (Å²) in [5, 5.41) is 3.44. The van der Waals surface area contributed by atoms with E-state index in [1.54, 1.807) is 0 Å². The highest BCUT2D eigenvalue weighted by Gasteiger charge is 2.42. The van der Waals surface area contributed by atoms with Crippen molar-refractivity contribution in [3.63, 3.8) is 0 Å². The summed E-state index contributed by atoms with van der Waals surface area (Å²) in [5.41, 5.74) is 1.07. The lowest BCUT2D eigenvalue weighted by Crippen LogP contribution is -2.41. The van der Waals surface area contributed by atoms with Crippen LogP contribution in [0.3, 0.4) is 0 Å². The van der Waals surface area contributed by atoms with Crippen molar-refractivity contribution < 1.29 is 17.9 Å². The van der Waals surface area contributed by atoms with Crippen LogP contribution in [0.25, 0.3) is 0 Å². The van der Waals surface area contributed by atoms with Crippen LogP contribution < -0.4 is 10.1 Å². The molecule has 1 saturated carbocycles. The molecule has 3 atom stereocenters. The molecular weight excluding hydrogens is 279 g/mol. The van der Waals surface area contributed by atoms with E-state index in [9.17, 15) is 13.2 Å². The van der Waals surface area contributed by atoms with Crippen LogP contribution in [0, 0.1) is 5.92 Å². The number of benzene rings is 1. The molecule has 0 radical (unpaired) electrons. The number of alkyl halides is 3. The van der Waals surface area contributed by atoms with Crippen molar-refractivity contribution in [3.8, 4) is 5.75 Å². The Balaban J connectivity index is 1.67. The second-order valence-corrected chi connectivity index (χ2v) is 6.00. The Hall–Kier alpha value is -1.23. The van der Waals surface area contributed by atoms with E-state index in [2.05, 4.69) is 5.32 Å². The highest BCUT2D eigenvalue weighted by atomic mass is 19.4. The lowest BCUT2D eigenvalue weighted by Gasteiger charge is -2.35. The molecule has 0 amide bonds. The van der Waals surface area contributed by atoms with E-state index in [-0.39, 0.29) is 24.9 Å². The summed E-state index contributed by atoms with van der Waals surface area (Å²) in [6.07, 6.45) is -1.31. The van der Waals surface area contributed by atoms with Gasteiger partial charge in [-0.25, -0.2) is 0 Å². The fraction of sp³-hybridized carbons (Fsp3) is 0.625. The molecule has 0 saturated heterocycles. The molecule has 3 rings (SSSR count). The van der Waals surface area contributed by atoms with E-state index in [0.717, 1.165) is 24.2 Å². The number of para-hydroxylation sites is 1. The Morgan fingerprint density at radius 3 is 2.71 bits per heavy atom. The number of halogens is 3. The molecule has 21 heavy (non-hydrogen) atoms. The third kappa shape index (κ3) is 3.34. The van der Waals surface area contributed by atoms with Gasteiger partial charge in [-0.1, -0.05) is 24.6 Å². The summed E-state index contributed by atoms with van der Waals surface area (Å²) >= 11 is 0. The topological polar surface area (TPSA) is 21.3 Å². The molecule has 3 unspecified atom stereocenters. The molecule has 1 aliphatic carbocycles. The fourth-order valence-electron chi connectivity index (χ4n) is 3.44. The van der Waals surface area contributed by atoms with Gasteiger partial charge in [-0.3, -0.25) is 0 Å². The van der Waals surface area contributed by atoms with Gasteiger partial charge < -0.3 is 10.1 Å². The van der Waals surface area contributed by atoms with Crippen molar-refractivity contribution in [1.82, 2.24) is 5.32 Å². The molecule has 1 fully saturated rings. The first-order valence-electron chi connectivity index (χ1n) is 7.58. The minimum atomic E-state index is -4.06. The minimum absolute atomic E-state index is 0.0541. The predicted octanol–water partition coefficient (Wildman–Crippen LogP) is 4.22. The van der Waals surface area contributed by atoms with Crippen molar-refractivity contribution in [1.29, 1.82) is 0 Å². The zero-order chi connectivity index (χ0) is 14.9. The van der Waals surface area contributed by atoms with Crippen LogP contribution in [-0.4, -0.2) is 18.8 Å². The average Bonchev–Trinajstić information content (AvgIpc) is 2.47. The maximum atomic E-state index is 12.9. The van der Waals surface area contributed by atoms with Crippen LogP contribution >= 0.6 is 0 Å². The molecule has 5 heteroatoms. The molecule has 1 aromatic carbocycles. The lowest BCUT2D eigenvalue weighted by molar-refractivity contribution is -0.184. The zero-order valence-corrected chi connectivity index (χ0v) is 11.8. The van der Waals surface area contributed by atoms with Gasteiger partial charge >= 0.3 is 6.18 Å². The summed E-state index contributed by atoms with van der Waals surface area (Å²) in [4.78, 5) is 0. The Kier molecular flexibility index (Phi) is 4.11. The Morgan fingerprint density at radius 2 is 1.90 bits per heavy atom. The third-order valence-electron chi connectivity index (χ3n) is 4.53.